The van der Waals surface area contributed by atoms with Gasteiger partial charge in [0.25, 0.3) is 0 Å². The van der Waals surface area contributed by atoms with Gasteiger partial charge in [-0.25, -0.2) is 14.8 Å². The summed E-state index contributed by atoms with van der Waals surface area (Å²) in [5.74, 6) is 2.04. The van der Waals surface area contributed by atoms with Crippen LogP contribution in [-0.2, 0) is 0 Å². The zero-order chi connectivity index (χ0) is 23.9. The predicted molar refractivity (Wildman–Crippen MR) is 134 cm³/mol. The number of nitrogens with zero attached hydrogens (tertiary/aromatic N) is 4. The normalized spacial score (nSPS) is 13.8. The van der Waals surface area contributed by atoms with E-state index in [1.165, 1.54) is 19.1 Å². The van der Waals surface area contributed by atoms with Gasteiger partial charge in [0, 0.05) is 49.7 Å². The molecule has 3 aromatic rings. The summed E-state index contributed by atoms with van der Waals surface area (Å²) in [5, 5.41) is 8.72. The second-order valence-electron chi connectivity index (χ2n) is 7.90. The van der Waals surface area contributed by atoms with Crippen LogP contribution >= 0.6 is 0 Å². The molecule has 10 heteroatoms. The zero-order valence-corrected chi connectivity index (χ0v) is 19.5. The van der Waals surface area contributed by atoms with Gasteiger partial charge in [-0.2, -0.15) is 0 Å². The molecule has 0 spiro atoms. The minimum atomic E-state index is -0.454. The van der Waals surface area contributed by atoms with E-state index in [9.17, 15) is 4.79 Å². The number of ether oxygens (including phenoxy) is 2. The molecule has 0 saturated carbocycles. The Morgan fingerprint density at radius 2 is 1.62 bits per heavy atom. The number of amides is 2. The highest BCUT2D eigenvalue weighted by molar-refractivity contribution is 6.00. The molecule has 2 heterocycles. The van der Waals surface area contributed by atoms with E-state index in [0.29, 0.717) is 28.8 Å². The molecular weight excluding hydrogens is 434 g/mol. The second kappa shape index (κ2) is 10.7. The van der Waals surface area contributed by atoms with Gasteiger partial charge >= 0.3 is 6.03 Å². The number of likely N-dealkylation sites (N-methyl/N-ethyl adjacent to an activating group) is 1. The minimum absolute atomic E-state index is 0.358. The molecule has 0 bridgehead atoms. The molecule has 0 unspecified atom stereocenters. The number of anilines is 5. The zero-order valence-electron chi connectivity index (χ0n) is 19.5. The molecule has 178 valence electrons. The molecule has 0 atom stereocenters. The van der Waals surface area contributed by atoms with Crippen LogP contribution in [0.15, 0.2) is 54.9 Å². The van der Waals surface area contributed by atoms with Crippen LogP contribution in [0.2, 0.25) is 0 Å². The lowest BCUT2D eigenvalue weighted by Crippen LogP contribution is -2.44. The smallest absolute Gasteiger partial charge is 0.324 e. The maximum Gasteiger partial charge on any atom is 0.324 e. The van der Waals surface area contributed by atoms with Crippen molar-refractivity contribution in [2.24, 2.45) is 0 Å². The number of nitrogens with one attached hydrogen (secondary N) is 3. The average Bonchev–Trinajstić information content (AvgIpc) is 2.85. The number of carbonyl (C=O) groups excluding carboxylic acids is 1. The topological polar surface area (TPSA) is 104 Å². The van der Waals surface area contributed by atoms with E-state index in [1.54, 1.807) is 31.4 Å². The predicted octanol–water partition coefficient (Wildman–Crippen LogP) is 3.63. The monoisotopic (exact) mass is 463 g/mol. The van der Waals surface area contributed by atoms with Crippen LogP contribution in [0, 0.1) is 0 Å². The summed E-state index contributed by atoms with van der Waals surface area (Å²) in [6.07, 6.45) is 1.39. The highest BCUT2D eigenvalue weighted by atomic mass is 16.5. The van der Waals surface area contributed by atoms with Crippen molar-refractivity contribution in [3.63, 3.8) is 0 Å². The largest absolute Gasteiger partial charge is 0.497 e. The molecule has 10 nitrogen and oxygen atoms in total. The van der Waals surface area contributed by atoms with Gasteiger partial charge < -0.3 is 29.9 Å². The Kier molecular flexibility index (Phi) is 7.28. The molecule has 2 aromatic carbocycles. The number of aromatic nitrogens is 2. The number of methoxy groups -OCH3 is 2. The number of urea groups is 1. The first kappa shape index (κ1) is 23.1. The molecule has 4 rings (SSSR count). The van der Waals surface area contributed by atoms with Gasteiger partial charge in [0.05, 0.1) is 19.9 Å². The number of carbonyl (C=O) groups is 1. The Bertz CT molecular complexity index is 1120. The van der Waals surface area contributed by atoms with E-state index >= 15 is 0 Å². The van der Waals surface area contributed by atoms with E-state index in [0.717, 1.165) is 31.9 Å². The molecule has 34 heavy (non-hydrogen) atoms. The van der Waals surface area contributed by atoms with Crippen LogP contribution in [0.3, 0.4) is 0 Å². The fourth-order valence-corrected chi connectivity index (χ4v) is 3.63. The SMILES string of the molecule is COc1ccc(NC(=O)Nc2cc(Nc3ccc(N4CCN(C)CC4)cc3)ncn2)c(OC)c1. The fourth-order valence-electron chi connectivity index (χ4n) is 3.63. The number of hydrogen-bond donors (Lipinski definition) is 3. The third-order valence-corrected chi connectivity index (χ3v) is 5.57. The minimum Gasteiger partial charge on any atom is -0.497 e. The maximum absolute atomic E-state index is 12.5. The van der Waals surface area contributed by atoms with Gasteiger partial charge in [0.15, 0.2) is 0 Å². The van der Waals surface area contributed by atoms with Crippen molar-refractivity contribution >= 4 is 34.7 Å². The van der Waals surface area contributed by atoms with Crippen molar-refractivity contribution in [3.8, 4) is 11.5 Å². The lowest BCUT2D eigenvalue weighted by Gasteiger charge is -2.34. The second-order valence-corrected chi connectivity index (χ2v) is 7.90. The maximum atomic E-state index is 12.5. The summed E-state index contributed by atoms with van der Waals surface area (Å²) in [7, 11) is 5.24. The third-order valence-electron chi connectivity index (χ3n) is 5.57. The molecule has 1 saturated heterocycles. The van der Waals surface area contributed by atoms with Gasteiger partial charge in [-0.15, -0.1) is 0 Å². The van der Waals surface area contributed by atoms with Gasteiger partial charge in [-0.05, 0) is 43.4 Å². The van der Waals surface area contributed by atoms with Gasteiger partial charge in [0.2, 0.25) is 0 Å². The Labute approximate surface area is 198 Å². The Morgan fingerprint density at radius 3 is 2.32 bits per heavy atom. The molecule has 0 aliphatic carbocycles. The van der Waals surface area contributed by atoms with Crippen LogP contribution in [-0.4, -0.2) is 68.3 Å². The summed E-state index contributed by atoms with van der Waals surface area (Å²) < 4.78 is 10.5. The van der Waals surface area contributed by atoms with Crippen LogP contribution in [0.4, 0.5) is 33.5 Å². The molecule has 1 aromatic heterocycles. The third kappa shape index (κ3) is 5.84. The number of hydrogen-bond acceptors (Lipinski definition) is 8. The van der Waals surface area contributed by atoms with Crippen LogP contribution in [0.1, 0.15) is 0 Å². The van der Waals surface area contributed by atoms with Gasteiger partial charge in [-0.3, -0.25) is 5.32 Å². The summed E-state index contributed by atoms with van der Waals surface area (Å²) >= 11 is 0. The van der Waals surface area contributed by atoms with Crippen molar-refractivity contribution in [2.75, 3.05) is 68.3 Å². The lowest BCUT2D eigenvalue weighted by molar-refractivity contribution is 0.262. The van der Waals surface area contributed by atoms with E-state index in [1.807, 2.05) is 12.1 Å². The van der Waals surface area contributed by atoms with Crippen LogP contribution < -0.4 is 30.3 Å². The fraction of sp³-hybridized carbons (Fsp3) is 0.292. The highest BCUT2D eigenvalue weighted by Crippen LogP contribution is 2.29. The van der Waals surface area contributed by atoms with Crippen molar-refractivity contribution in [2.45, 2.75) is 0 Å². The summed E-state index contributed by atoms with van der Waals surface area (Å²) in [6, 6.07) is 14.6. The summed E-state index contributed by atoms with van der Waals surface area (Å²) in [5.41, 5.74) is 2.61. The van der Waals surface area contributed by atoms with E-state index in [2.05, 4.69) is 54.9 Å². The molecule has 2 amide bonds. The van der Waals surface area contributed by atoms with Crippen LogP contribution in [0.5, 0.6) is 11.5 Å². The first-order chi connectivity index (χ1) is 16.5. The lowest BCUT2D eigenvalue weighted by atomic mass is 10.2. The van der Waals surface area contributed by atoms with E-state index in [-0.39, 0.29) is 0 Å². The molecular formula is C24H29N7O3. The molecule has 1 aliphatic rings. The summed E-state index contributed by atoms with van der Waals surface area (Å²) in [6.45, 7) is 4.18. The molecule has 1 fully saturated rings. The van der Waals surface area contributed by atoms with Crippen molar-refractivity contribution in [1.29, 1.82) is 0 Å². The van der Waals surface area contributed by atoms with Crippen LogP contribution in [0.25, 0.3) is 0 Å². The highest BCUT2D eigenvalue weighted by Gasteiger charge is 2.14. The van der Waals surface area contributed by atoms with Crippen molar-refractivity contribution in [3.05, 3.63) is 54.9 Å². The molecule has 0 radical (unpaired) electrons. The summed E-state index contributed by atoms with van der Waals surface area (Å²) in [4.78, 5) is 25.6. The van der Waals surface area contributed by atoms with Crippen molar-refractivity contribution in [1.82, 2.24) is 14.9 Å². The number of benzene rings is 2. The Morgan fingerprint density at radius 1 is 0.882 bits per heavy atom. The standard InChI is InChI=1S/C24H29N7O3/c1-30-10-12-31(13-11-30)18-6-4-17(5-7-18)27-22-15-23(26-16-25-22)29-24(32)28-20-9-8-19(33-2)14-21(20)34-3/h4-9,14-16H,10-13H2,1-3H3,(H3,25,26,27,28,29,32). The average molecular weight is 464 g/mol. The van der Waals surface area contributed by atoms with E-state index in [4.69, 9.17) is 9.47 Å². The molecule has 3 N–H and O–H groups in total. The van der Waals surface area contributed by atoms with Crippen molar-refractivity contribution < 1.29 is 14.3 Å². The van der Waals surface area contributed by atoms with E-state index < -0.39 is 6.03 Å². The Balaban J connectivity index is 1.36. The van der Waals surface area contributed by atoms with Gasteiger partial charge in [-0.1, -0.05) is 0 Å². The number of piperazine rings is 1. The first-order valence-corrected chi connectivity index (χ1v) is 11.0. The number of rotatable bonds is 7. The quantitative estimate of drug-likeness (QED) is 0.488. The first-order valence-electron chi connectivity index (χ1n) is 11.0. The van der Waals surface area contributed by atoms with Gasteiger partial charge in [0.1, 0.15) is 29.5 Å². The molecule has 1 aliphatic heterocycles. The Hall–Kier alpha value is -4.05.